The number of ketones is 1. The smallest absolute Gasteiger partial charge is 0.161 e. The van der Waals surface area contributed by atoms with Crippen molar-refractivity contribution in [3.63, 3.8) is 0 Å². The van der Waals surface area contributed by atoms with Crippen molar-refractivity contribution in [3.05, 3.63) is 62.5 Å². The number of halogens is 2. The summed E-state index contributed by atoms with van der Waals surface area (Å²) in [5, 5.41) is 19.6. The number of hydrogen-bond donors (Lipinski definition) is 1. The molecule has 0 spiro atoms. The molecular weight excluding hydrogens is 359 g/mol. The number of aromatic nitrogens is 2. The molecule has 0 aliphatic heterocycles. The van der Waals surface area contributed by atoms with Gasteiger partial charge in [0.15, 0.2) is 11.5 Å². The molecule has 25 heavy (non-hydrogen) atoms. The molecule has 1 aromatic carbocycles. The Morgan fingerprint density at radius 3 is 2.64 bits per heavy atom. The van der Waals surface area contributed by atoms with Crippen LogP contribution in [0.3, 0.4) is 0 Å². The molecule has 122 valence electrons. The molecule has 3 aromatic rings. The lowest BCUT2D eigenvalue weighted by molar-refractivity contribution is 0.101. The number of carbonyl (C=O) groups excluding carboxylic acids is 1. The third kappa shape index (κ3) is 3.08. The van der Waals surface area contributed by atoms with Gasteiger partial charge < -0.3 is 4.98 Å². The van der Waals surface area contributed by atoms with Gasteiger partial charge in [0.05, 0.1) is 10.5 Å². The third-order valence-electron chi connectivity index (χ3n) is 3.83. The summed E-state index contributed by atoms with van der Waals surface area (Å²) in [7, 11) is 0. The lowest BCUT2D eigenvalue weighted by Crippen LogP contribution is -1.99. The Hall–Kier alpha value is -2.86. The number of benzene rings is 1. The Bertz CT molecular complexity index is 1100. The number of H-pyrrole nitrogens is 1. The Morgan fingerprint density at radius 1 is 1.24 bits per heavy atom. The van der Waals surface area contributed by atoms with Gasteiger partial charge >= 0.3 is 0 Å². The first-order chi connectivity index (χ1) is 11.9. The van der Waals surface area contributed by atoms with Crippen LogP contribution in [-0.2, 0) is 6.42 Å². The summed E-state index contributed by atoms with van der Waals surface area (Å²) in [6, 6.07) is 10.5. The largest absolute Gasteiger partial charge is 0.358 e. The van der Waals surface area contributed by atoms with E-state index >= 15 is 0 Å². The van der Waals surface area contributed by atoms with Gasteiger partial charge in [-0.25, -0.2) is 4.98 Å². The van der Waals surface area contributed by atoms with Crippen molar-refractivity contribution >= 4 is 39.9 Å². The first-order valence-electron chi connectivity index (χ1n) is 7.25. The summed E-state index contributed by atoms with van der Waals surface area (Å²) in [5.74, 6) is -0.144. The van der Waals surface area contributed by atoms with Gasteiger partial charge in [-0.15, -0.1) is 0 Å². The molecule has 7 heteroatoms. The van der Waals surface area contributed by atoms with Crippen LogP contribution in [0.4, 0.5) is 0 Å². The van der Waals surface area contributed by atoms with Crippen molar-refractivity contribution in [1.82, 2.24) is 9.97 Å². The molecule has 5 nitrogen and oxygen atoms in total. The summed E-state index contributed by atoms with van der Waals surface area (Å²) < 4.78 is 0. The fraction of sp³-hybridized carbons (Fsp3) is 0.111. The zero-order valence-electron chi connectivity index (χ0n) is 13.0. The van der Waals surface area contributed by atoms with Gasteiger partial charge in [0.1, 0.15) is 17.8 Å². The molecule has 1 N–H and O–H groups in total. The molecule has 3 rings (SSSR count). The van der Waals surface area contributed by atoms with Crippen LogP contribution in [0.5, 0.6) is 0 Å². The highest BCUT2D eigenvalue weighted by atomic mass is 35.5. The first kappa shape index (κ1) is 17.0. The molecule has 0 unspecified atom stereocenters. The van der Waals surface area contributed by atoms with Crippen molar-refractivity contribution in [2.24, 2.45) is 0 Å². The molecule has 0 radical (unpaired) electrons. The minimum atomic E-state index is -0.144. The lowest BCUT2D eigenvalue weighted by Gasteiger charge is -2.09. The van der Waals surface area contributed by atoms with E-state index in [4.69, 9.17) is 28.5 Å². The average molecular weight is 369 g/mol. The van der Waals surface area contributed by atoms with E-state index in [9.17, 15) is 10.1 Å². The average Bonchev–Trinajstić information content (AvgIpc) is 2.99. The van der Waals surface area contributed by atoms with Gasteiger partial charge in [-0.05, 0) is 36.8 Å². The van der Waals surface area contributed by atoms with E-state index in [0.717, 1.165) is 5.69 Å². The van der Waals surface area contributed by atoms with Crippen molar-refractivity contribution in [1.29, 1.82) is 10.5 Å². The van der Waals surface area contributed by atoms with E-state index in [0.29, 0.717) is 38.5 Å². The van der Waals surface area contributed by atoms with E-state index in [-0.39, 0.29) is 17.2 Å². The van der Waals surface area contributed by atoms with Crippen molar-refractivity contribution < 1.29 is 4.79 Å². The fourth-order valence-corrected chi connectivity index (χ4v) is 3.28. The summed E-state index contributed by atoms with van der Waals surface area (Å²) >= 11 is 12.6. The lowest BCUT2D eigenvalue weighted by atomic mass is 10.0. The normalized spacial score (nSPS) is 10.4. The highest BCUT2D eigenvalue weighted by Gasteiger charge is 2.16. The highest BCUT2D eigenvalue weighted by Crippen LogP contribution is 2.31. The Morgan fingerprint density at radius 2 is 2.00 bits per heavy atom. The Kier molecular flexibility index (Phi) is 4.46. The van der Waals surface area contributed by atoms with Gasteiger partial charge in [-0.2, -0.15) is 10.5 Å². The van der Waals surface area contributed by atoms with Crippen molar-refractivity contribution in [3.8, 4) is 12.1 Å². The third-order valence-corrected chi connectivity index (χ3v) is 4.61. The number of rotatable bonds is 3. The van der Waals surface area contributed by atoms with Gasteiger partial charge in [0.2, 0.25) is 0 Å². The maximum Gasteiger partial charge on any atom is 0.161 e. The van der Waals surface area contributed by atoms with Crippen molar-refractivity contribution in [2.45, 2.75) is 13.3 Å². The minimum Gasteiger partial charge on any atom is -0.358 e. The molecule has 0 saturated carbocycles. The molecule has 0 saturated heterocycles. The van der Waals surface area contributed by atoms with E-state index in [2.05, 4.69) is 9.97 Å². The van der Waals surface area contributed by atoms with E-state index in [1.807, 2.05) is 12.1 Å². The summed E-state index contributed by atoms with van der Waals surface area (Å²) in [4.78, 5) is 18.8. The molecule has 2 aromatic heterocycles. The maximum absolute atomic E-state index is 11.7. The van der Waals surface area contributed by atoms with Crippen LogP contribution in [0.15, 0.2) is 24.3 Å². The SMILES string of the molecule is CC(=O)c1ccc(Cl)c(Cc2cc3c(C#N)nc(C#N)cc3[nH]2)c1Cl. The van der Waals surface area contributed by atoms with Gasteiger partial charge in [0, 0.05) is 28.1 Å². The number of hydrogen-bond acceptors (Lipinski definition) is 4. The van der Waals surface area contributed by atoms with Crippen LogP contribution in [0.2, 0.25) is 10.0 Å². The van der Waals surface area contributed by atoms with Gasteiger partial charge in [-0.3, -0.25) is 4.79 Å². The summed E-state index contributed by atoms with van der Waals surface area (Å²) in [6.07, 6.45) is 0.347. The van der Waals surface area contributed by atoms with Crippen LogP contribution < -0.4 is 0 Å². The highest BCUT2D eigenvalue weighted by molar-refractivity contribution is 6.38. The first-order valence-corrected chi connectivity index (χ1v) is 8.00. The maximum atomic E-state index is 11.7. The number of nitriles is 2. The number of nitrogens with one attached hydrogen (secondary N) is 1. The second-order valence-corrected chi connectivity index (χ2v) is 6.24. The molecular formula is C18H10Cl2N4O. The molecule has 0 amide bonds. The molecule has 2 heterocycles. The standard InChI is InChI=1S/C18H10Cl2N4O/c1-9(25)12-2-3-15(19)13(18(12)20)4-10-5-14-16(23-10)6-11(7-21)24-17(14)8-22/h2-3,5-6,23H,4H2,1H3. The van der Waals surface area contributed by atoms with E-state index in [1.165, 1.54) is 6.92 Å². The van der Waals surface area contributed by atoms with Crippen LogP contribution in [0.1, 0.15) is 39.9 Å². The summed E-state index contributed by atoms with van der Waals surface area (Å²) in [6.45, 7) is 1.44. The predicted molar refractivity (Wildman–Crippen MR) is 94.8 cm³/mol. The zero-order chi connectivity index (χ0) is 18.1. The monoisotopic (exact) mass is 368 g/mol. The number of Topliss-reactive ketones (excluding diaryl/α,β-unsaturated/α-hetero) is 1. The number of pyridine rings is 1. The molecule has 0 aliphatic carbocycles. The summed E-state index contributed by atoms with van der Waals surface area (Å²) in [5.41, 5.74) is 2.73. The van der Waals surface area contributed by atoms with Crippen LogP contribution in [-0.4, -0.2) is 15.8 Å². The second kappa shape index (κ2) is 6.57. The van der Waals surface area contributed by atoms with Crippen LogP contribution in [0, 0.1) is 22.7 Å². The Labute approximate surface area is 153 Å². The minimum absolute atomic E-state index is 0.144. The molecule has 0 atom stereocenters. The Balaban J connectivity index is 2.11. The van der Waals surface area contributed by atoms with Crippen LogP contribution in [0.25, 0.3) is 10.9 Å². The second-order valence-electron chi connectivity index (χ2n) is 5.46. The predicted octanol–water partition coefficient (Wildman–Crippen LogP) is 4.41. The molecule has 0 fully saturated rings. The van der Waals surface area contributed by atoms with Crippen molar-refractivity contribution in [2.75, 3.05) is 0 Å². The quantitative estimate of drug-likeness (QED) is 0.692. The zero-order valence-corrected chi connectivity index (χ0v) is 14.5. The van der Waals surface area contributed by atoms with Gasteiger partial charge in [0.25, 0.3) is 0 Å². The number of aromatic amines is 1. The van der Waals surface area contributed by atoms with Gasteiger partial charge in [-0.1, -0.05) is 23.2 Å². The molecule has 0 bridgehead atoms. The van der Waals surface area contributed by atoms with E-state index < -0.39 is 0 Å². The molecule has 0 aliphatic rings. The number of nitrogens with zero attached hydrogens (tertiary/aromatic N) is 3. The topological polar surface area (TPSA) is 93.3 Å². The van der Waals surface area contributed by atoms with E-state index in [1.54, 1.807) is 24.3 Å². The van der Waals surface area contributed by atoms with Crippen LogP contribution >= 0.6 is 23.2 Å². The number of carbonyl (C=O) groups is 1. The number of fused-ring (bicyclic) bond motifs is 1. The fourth-order valence-electron chi connectivity index (χ4n) is 2.65.